The number of nitrogens with one attached hydrogen (secondary N) is 2. The van der Waals surface area contributed by atoms with E-state index in [4.69, 9.17) is 0 Å². The van der Waals surface area contributed by atoms with Crippen molar-refractivity contribution in [2.75, 3.05) is 32.0 Å². The molecule has 1 aliphatic heterocycles. The van der Waals surface area contributed by atoms with Gasteiger partial charge in [0.25, 0.3) is 5.91 Å². The lowest BCUT2D eigenvalue weighted by Gasteiger charge is -2.30. The Bertz CT molecular complexity index is 534. The zero-order valence-corrected chi connectivity index (χ0v) is 14.3. The quantitative estimate of drug-likeness (QED) is 0.876. The number of hydrogen-bond donors (Lipinski definition) is 2. The molecule has 1 aromatic rings. The van der Waals surface area contributed by atoms with Gasteiger partial charge in [-0.05, 0) is 50.1 Å². The summed E-state index contributed by atoms with van der Waals surface area (Å²) < 4.78 is 0. The first kappa shape index (κ1) is 17.5. The van der Waals surface area contributed by atoms with E-state index >= 15 is 0 Å². The van der Waals surface area contributed by atoms with Crippen LogP contribution in [0.25, 0.3) is 0 Å². The van der Waals surface area contributed by atoms with Crippen LogP contribution in [0.1, 0.15) is 37.0 Å². The number of carbonyl (C=O) groups is 2. The highest BCUT2D eigenvalue weighted by molar-refractivity contribution is 5.96. The largest absolute Gasteiger partial charge is 0.339 e. The van der Waals surface area contributed by atoms with Crippen molar-refractivity contribution in [2.45, 2.75) is 26.7 Å². The van der Waals surface area contributed by atoms with E-state index in [2.05, 4.69) is 17.6 Å². The van der Waals surface area contributed by atoms with Gasteiger partial charge in [0.2, 0.25) is 5.91 Å². The van der Waals surface area contributed by atoms with Crippen molar-refractivity contribution >= 4 is 17.5 Å². The minimum absolute atomic E-state index is 0.0246. The molecule has 0 bridgehead atoms. The minimum atomic E-state index is -0.100. The lowest BCUT2D eigenvalue weighted by atomic mass is 9.98. The third-order valence-corrected chi connectivity index (χ3v) is 4.43. The van der Waals surface area contributed by atoms with Crippen LogP contribution in [0.4, 0.5) is 5.69 Å². The number of nitrogens with zero attached hydrogens (tertiary/aromatic N) is 1. The maximum absolute atomic E-state index is 12.5. The van der Waals surface area contributed by atoms with Gasteiger partial charge < -0.3 is 15.5 Å². The molecule has 1 heterocycles. The topological polar surface area (TPSA) is 61.4 Å². The Hall–Kier alpha value is -1.88. The van der Waals surface area contributed by atoms with Crippen molar-refractivity contribution in [3.05, 3.63) is 29.8 Å². The smallest absolute Gasteiger partial charge is 0.253 e. The molecule has 23 heavy (non-hydrogen) atoms. The average molecular weight is 317 g/mol. The summed E-state index contributed by atoms with van der Waals surface area (Å²) in [4.78, 5) is 26.4. The molecule has 1 aromatic carbocycles. The van der Waals surface area contributed by atoms with E-state index < -0.39 is 0 Å². The molecule has 0 aliphatic carbocycles. The molecule has 1 saturated heterocycles. The number of hydrogen-bond acceptors (Lipinski definition) is 3. The second-order valence-electron chi connectivity index (χ2n) is 6.50. The highest BCUT2D eigenvalue weighted by Gasteiger charge is 2.21. The average Bonchev–Trinajstić information content (AvgIpc) is 2.56. The maximum atomic E-state index is 12.5. The highest BCUT2D eigenvalue weighted by atomic mass is 16.2. The molecule has 1 atom stereocenters. The Kier molecular flexibility index (Phi) is 6.16. The fourth-order valence-electron chi connectivity index (χ4n) is 2.75. The Balaban J connectivity index is 1.94. The first-order chi connectivity index (χ1) is 11.0. The van der Waals surface area contributed by atoms with E-state index in [0.717, 1.165) is 31.6 Å². The van der Waals surface area contributed by atoms with Gasteiger partial charge in [-0.3, -0.25) is 9.59 Å². The normalized spacial score (nSPS) is 16.9. The van der Waals surface area contributed by atoms with Crippen LogP contribution in [-0.2, 0) is 4.79 Å². The molecule has 1 aliphatic rings. The Labute approximate surface area is 138 Å². The van der Waals surface area contributed by atoms with Gasteiger partial charge in [0.05, 0.1) is 0 Å². The Morgan fingerprint density at radius 2 is 1.83 bits per heavy atom. The van der Waals surface area contributed by atoms with Crippen LogP contribution >= 0.6 is 0 Å². The summed E-state index contributed by atoms with van der Waals surface area (Å²) in [6.45, 7) is 6.41. The van der Waals surface area contributed by atoms with Gasteiger partial charge in [0, 0.05) is 36.8 Å². The van der Waals surface area contributed by atoms with E-state index in [1.165, 1.54) is 0 Å². The van der Waals surface area contributed by atoms with Crippen molar-refractivity contribution in [1.29, 1.82) is 0 Å². The number of carbonyl (C=O) groups excluding carboxylic acids is 2. The van der Waals surface area contributed by atoms with E-state index in [1.807, 2.05) is 18.9 Å². The zero-order valence-electron chi connectivity index (χ0n) is 14.3. The molecular formula is C18H27N3O2. The van der Waals surface area contributed by atoms with Gasteiger partial charge in [0.15, 0.2) is 0 Å². The fourth-order valence-corrected chi connectivity index (χ4v) is 2.75. The van der Waals surface area contributed by atoms with Crippen LogP contribution in [0.5, 0.6) is 0 Å². The second kappa shape index (κ2) is 8.11. The first-order valence-electron chi connectivity index (χ1n) is 8.36. The molecule has 1 unspecified atom stereocenters. The molecule has 2 N–H and O–H groups in total. The van der Waals surface area contributed by atoms with Gasteiger partial charge in [-0.2, -0.15) is 0 Å². The summed E-state index contributed by atoms with van der Waals surface area (Å²) in [5.41, 5.74) is 1.41. The van der Waals surface area contributed by atoms with Crippen molar-refractivity contribution in [2.24, 2.45) is 11.8 Å². The van der Waals surface area contributed by atoms with E-state index in [0.29, 0.717) is 18.0 Å². The van der Waals surface area contributed by atoms with Gasteiger partial charge in [-0.1, -0.05) is 13.8 Å². The van der Waals surface area contributed by atoms with Crippen molar-refractivity contribution in [3.8, 4) is 0 Å². The summed E-state index contributed by atoms with van der Waals surface area (Å²) in [6, 6.07) is 7.17. The van der Waals surface area contributed by atoms with Gasteiger partial charge >= 0.3 is 0 Å². The van der Waals surface area contributed by atoms with Gasteiger partial charge in [0.1, 0.15) is 0 Å². The number of rotatable bonds is 5. The molecule has 2 rings (SSSR count). The van der Waals surface area contributed by atoms with Crippen molar-refractivity contribution in [1.82, 2.24) is 10.2 Å². The minimum Gasteiger partial charge on any atom is -0.339 e. The Morgan fingerprint density at radius 3 is 2.39 bits per heavy atom. The SMILES string of the molecule is CNCC(C)C(=O)Nc1ccc(C(=O)N2CCC(C)CC2)cc1. The second-order valence-corrected chi connectivity index (χ2v) is 6.50. The lowest BCUT2D eigenvalue weighted by Crippen LogP contribution is -2.37. The Morgan fingerprint density at radius 1 is 1.22 bits per heavy atom. The standard InChI is InChI=1S/C18H27N3O2/c1-13-8-10-21(11-9-13)18(23)15-4-6-16(7-5-15)20-17(22)14(2)12-19-3/h4-7,13-14,19H,8-12H2,1-3H3,(H,20,22). The number of piperidine rings is 1. The van der Waals surface area contributed by atoms with Crippen LogP contribution < -0.4 is 10.6 Å². The summed E-state index contributed by atoms with van der Waals surface area (Å²) in [5.74, 6) is 0.662. The zero-order chi connectivity index (χ0) is 16.8. The summed E-state index contributed by atoms with van der Waals surface area (Å²) >= 11 is 0. The molecule has 5 nitrogen and oxygen atoms in total. The predicted octanol–water partition coefficient (Wildman–Crippen LogP) is 2.35. The summed E-state index contributed by atoms with van der Waals surface area (Å²) in [7, 11) is 1.82. The van der Waals surface area contributed by atoms with Crippen molar-refractivity contribution in [3.63, 3.8) is 0 Å². The molecule has 5 heteroatoms. The van der Waals surface area contributed by atoms with Crippen LogP contribution in [0, 0.1) is 11.8 Å². The third-order valence-electron chi connectivity index (χ3n) is 4.43. The number of amides is 2. The molecule has 126 valence electrons. The molecule has 0 aromatic heterocycles. The molecule has 1 fully saturated rings. The fraction of sp³-hybridized carbons (Fsp3) is 0.556. The van der Waals surface area contributed by atoms with Gasteiger partial charge in [-0.25, -0.2) is 0 Å². The van der Waals surface area contributed by atoms with Crippen LogP contribution in [0.2, 0.25) is 0 Å². The molecule has 2 amide bonds. The molecule has 0 saturated carbocycles. The number of benzene rings is 1. The van der Waals surface area contributed by atoms with Crippen LogP contribution in [0.3, 0.4) is 0 Å². The first-order valence-corrected chi connectivity index (χ1v) is 8.36. The number of anilines is 1. The molecular weight excluding hydrogens is 290 g/mol. The third kappa shape index (κ3) is 4.79. The van der Waals surface area contributed by atoms with Gasteiger partial charge in [-0.15, -0.1) is 0 Å². The van der Waals surface area contributed by atoms with Crippen LogP contribution in [0.15, 0.2) is 24.3 Å². The van der Waals surface area contributed by atoms with E-state index in [1.54, 1.807) is 24.3 Å². The monoisotopic (exact) mass is 317 g/mol. The van der Waals surface area contributed by atoms with Crippen LogP contribution in [-0.4, -0.2) is 43.4 Å². The lowest BCUT2D eigenvalue weighted by molar-refractivity contribution is -0.119. The van der Waals surface area contributed by atoms with E-state index in [9.17, 15) is 9.59 Å². The molecule has 0 radical (unpaired) electrons. The summed E-state index contributed by atoms with van der Waals surface area (Å²) in [5, 5.41) is 5.86. The molecule has 0 spiro atoms. The highest BCUT2D eigenvalue weighted by Crippen LogP contribution is 2.19. The van der Waals surface area contributed by atoms with E-state index in [-0.39, 0.29) is 17.7 Å². The number of likely N-dealkylation sites (tertiary alicyclic amines) is 1. The summed E-state index contributed by atoms with van der Waals surface area (Å²) in [6.07, 6.45) is 2.15. The van der Waals surface area contributed by atoms with Crippen molar-refractivity contribution < 1.29 is 9.59 Å². The maximum Gasteiger partial charge on any atom is 0.253 e. The predicted molar refractivity (Wildman–Crippen MR) is 92.5 cm³/mol.